The second-order valence-electron chi connectivity index (χ2n) is 3.07. The van der Waals surface area contributed by atoms with Gasteiger partial charge in [0.15, 0.2) is 6.20 Å². The molecule has 1 aromatic heterocycles. The molecule has 0 atom stereocenters. The van der Waals surface area contributed by atoms with Crippen LogP contribution in [0.25, 0.3) is 0 Å². The lowest BCUT2D eigenvalue weighted by Crippen LogP contribution is -2.27. The average molecular weight is 183 g/mol. The number of pyridine rings is 1. The first-order valence-electron chi connectivity index (χ1n) is 4.01. The Morgan fingerprint density at radius 1 is 1.50 bits per heavy atom. The van der Waals surface area contributed by atoms with E-state index in [4.69, 9.17) is 0 Å². The van der Waals surface area contributed by atoms with Crippen LogP contribution >= 0.6 is 11.8 Å². The maximum Gasteiger partial charge on any atom is 0.251 e. The molecule has 0 spiro atoms. The molecular formula is C9H13NOS. The number of nitrogens with zero attached hydrogens (tertiary/aromatic N) is 1. The predicted octanol–water partition coefficient (Wildman–Crippen LogP) is 2.07. The lowest BCUT2D eigenvalue weighted by atomic mass is 10.3. The van der Waals surface area contributed by atoms with E-state index in [0.29, 0.717) is 5.92 Å². The van der Waals surface area contributed by atoms with Gasteiger partial charge in [0.05, 0.1) is 0 Å². The molecule has 0 bridgehead atoms. The van der Waals surface area contributed by atoms with E-state index in [1.165, 1.54) is 6.20 Å². The van der Waals surface area contributed by atoms with Crippen LogP contribution in [0.1, 0.15) is 13.8 Å². The third-order valence-electron chi connectivity index (χ3n) is 1.35. The zero-order chi connectivity index (χ0) is 8.97. The molecular weight excluding hydrogens is 170 g/mol. The zero-order valence-electron chi connectivity index (χ0n) is 7.36. The third kappa shape index (κ3) is 2.74. The fourth-order valence-corrected chi connectivity index (χ4v) is 1.64. The highest BCUT2D eigenvalue weighted by Gasteiger charge is 2.04. The summed E-state index contributed by atoms with van der Waals surface area (Å²) in [6, 6.07) is 5.48. The lowest BCUT2D eigenvalue weighted by molar-refractivity contribution is -0.645. The van der Waals surface area contributed by atoms with Crippen molar-refractivity contribution in [3.63, 3.8) is 0 Å². The molecule has 0 amide bonds. The Morgan fingerprint density at radius 3 is 2.83 bits per heavy atom. The highest BCUT2D eigenvalue weighted by atomic mass is 32.2. The summed E-state index contributed by atoms with van der Waals surface area (Å²) in [6.45, 7) is 4.29. The summed E-state index contributed by atoms with van der Waals surface area (Å²) in [6.07, 6.45) is 1.53. The minimum atomic E-state index is 0.621. The molecule has 0 aliphatic rings. The molecule has 0 aromatic carbocycles. The predicted molar refractivity (Wildman–Crippen MR) is 51.0 cm³/mol. The van der Waals surface area contributed by atoms with Crippen molar-refractivity contribution >= 4 is 11.8 Å². The van der Waals surface area contributed by atoms with E-state index < -0.39 is 0 Å². The molecule has 0 unspecified atom stereocenters. The second kappa shape index (κ2) is 4.36. The summed E-state index contributed by atoms with van der Waals surface area (Å²) in [5, 5.41) is 11.9. The van der Waals surface area contributed by atoms with Crippen molar-refractivity contribution in [2.75, 3.05) is 5.75 Å². The molecule has 66 valence electrons. The second-order valence-corrected chi connectivity index (χ2v) is 4.11. The van der Waals surface area contributed by atoms with Crippen LogP contribution in [0.2, 0.25) is 0 Å². The molecule has 0 aliphatic carbocycles. The lowest BCUT2D eigenvalue weighted by Gasteiger charge is -2.04. The van der Waals surface area contributed by atoms with E-state index in [1.54, 1.807) is 17.8 Å². The van der Waals surface area contributed by atoms with Crippen molar-refractivity contribution in [3.8, 4) is 0 Å². The molecule has 3 heteroatoms. The molecule has 0 fully saturated rings. The molecule has 0 N–H and O–H groups in total. The number of hydrogen-bond acceptors (Lipinski definition) is 2. The van der Waals surface area contributed by atoms with Crippen molar-refractivity contribution < 1.29 is 4.73 Å². The molecule has 1 rings (SSSR count). The van der Waals surface area contributed by atoms with Gasteiger partial charge in [-0.2, -0.15) is 4.73 Å². The Morgan fingerprint density at radius 2 is 2.25 bits per heavy atom. The summed E-state index contributed by atoms with van der Waals surface area (Å²) < 4.78 is 0.910. The van der Waals surface area contributed by atoms with Gasteiger partial charge in [-0.25, -0.2) is 0 Å². The summed E-state index contributed by atoms with van der Waals surface area (Å²) in [7, 11) is 0. The number of thioether (sulfide) groups is 1. The van der Waals surface area contributed by atoms with Crippen LogP contribution in [0.4, 0.5) is 0 Å². The van der Waals surface area contributed by atoms with Gasteiger partial charge in [-0.3, -0.25) is 0 Å². The topological polar surface area (TPSA) is 26.9 Å². The van der Waals surface area contributed by atoms with Gasteiger partial charge in [-0.15, -0.1) is 0 Å². The summed E-state index contributed by atoms with van der Waals surface area (Å²) >= 11 is 1.61. The van der Waals surface area contributed by atoms with Gasteiger partial charge in [0, 0.05) is 17.9 Å². The molecule has 1 heterocycles. The molecule has 0 saturated heterocycles. The maximum absolute atomic E-state index is 11.1. The molecule has 0 saturated carbocycles. The van der Waals surface area contributed by atoms with Gasteiger partial charge in [-0.05, 0) is 12.0 Å². The monoisotopic (exact) mass is 183 g/mol. The van der Waals surface area contributed by atoms with Crippen LogP contribution < -0.4 is 4.73 Å². The minimum Gasteiger partial charge on any atom is -0.618 e. The normalized spacial score (nSPS) is 10.6. The third-order valence-corrected chi connectivity index (χ3v) is 2.80. The van der Waals surface area contributed by atoms with Gasteiger partial charge < -0.3 is 5.21 Å². The van der Waals surface area contributed by atoms with E-state index in [0.717, 1.165) is 15.5 Å². The van der Waals surface area contributed by atoms with Crippen molar-refractivity contribution in [1.82, 2.24) is 0 Å². The smallest absolute Gasteiger partial charge is 0.251 e. The highest BCUT2D eigenvalue weighted by molar-refractivity contribution is 7.99. The van der Waals surface area contributed by atoms with Crippen LogP contribution in [0.15, 0.2) is 29.4 Å². The average Bonchev–Trinajstić information content (AvgIpc) is 2.03. The Bertz CT molecular complexity index is 250. The van der Waals surface area contributed by atoms with E-state index in [-0.39, 0.29) is 0 Å². The van der Waals surface area contributed by atoms with E-state index in [1.807, 2.05) is 12.1 Å². The Kier molecular flexibility index (Phi) is 3.41. The van der Waals surface area contributed by atoms with Crippen molar-refractivity contribution in [3.05, 3.63) is 29.6 Å². The zero-order valence-corrected chi connectivity index (χ0v) is 8.17. The summed E-state index contributed by atoms with van der Waals surface area (Å²) in [5.41, 5.74) is 0. The Labute approximate surface area is 77.2 Å². The first kappa shape index (κ1) is 9.39. The largest absolute Gasteiger partial charge is 0.618 e. The summed E-state index contributed by atoms with van der Waals surface area (Å²) in [4.78, 5) is 0. The minimum absolute atomic E-state index is 0.621. The van der Waals surface area contributed by atoms with Crippen molar-refractivity contribution in [2.24, 2.45) is 5.92 Å². The molecule has 0 radical (unpaired) electrons. The van der Waals surface area contributed by atoms with Crippen LogP contribution in [-0.4, -0.2) is 5.75 Å². The first-order chi connectivity index (χ1) is 5.70. The van der Waals surface area contributed by atoms with Crippen LogP contribution in [0.3, 0.4) is 0 Å². The van der Waals surface area contributed by atoms with E-state index in [2.05, 4.69) is 13.8 Å². The first-order valence-corrected chi connectivity index (χ1v) is 4.99. The van der Waals surface area contributed by atoms with Gasteiger partial charge in [0.1, 0.15) is 0 Å². The van der Waals surface area contributed by atoms with Crippen LogP contribution in [0, 0.1) is 11.1 Å². The number of aromatic nitrogens is 1. The fraction of sp³-hybridized carbons (Fsp3) is 0.444. The van der Waals surface area contributed by atoms with Crippen LogP contribution in [-0.2, 0) is 0 Å². The number of hydrogen-bond donors (Lipinski definition) is 0. The van der Waals surface area contributed by atoms with E-state index in [9.17, 15) is 5.21 Å². The van der Waals surface area contributed by atoms with Crippen LogP contribution in [0.5, 0.6) is 0 Å². The number of rotatable bonds is 3. The van der Waals surface area contributed by atoms with Gasteiger partial charge in [0.25, 0.3) is 5.03 Å². The summed E-state index contributed by atoms with van der Waals surface area (Å²) in [5.74, 6) is 1.61. The quantitative estimate of drug-likeness (QED) is 0.407. The molecule has 0 aliphatic heterocycles. The fourth-order valence-electron chi connectivity index (χ4n) is 0.776. The molecule has 12 heavy (non-hydrogen) atoms. The van der Waals surface area contributed by atoms with Gasteiger partial charge in [0.2, 0.25) is 0 Å². The van der Waals surface area contributed by atoms with E-state index >= 15 is 0 Å². The molecule has 2 nitrogen and oxygen atoms in total. The Balaban J connectivity index is 2.57. The van der Waals surface area contributed by atoms with Gasteiger partial charge >= 0.3 is 0 Å². The Hall–Kier alpha value is -0.700. The molecule has 1 aromatic rings. The van der Waals surface area contributed by atoms with Gasteiger partial charge in [-0.1, -0.05) is 25.6 Å². The maximum atomic E-state index is 11.1. The van der Waals surface area contributed by atoms with Crippen molar-refractivity contribution in [2.45, 2.75) is 18.9 Å². The highest BCUT2D eigenvalue weighted by Crippen LogP contribution is 2.15. The standard InChI is InChI=1S/C9H13NOS/c1-8(2)7-12-9-5-3-4-6-10(9)11/h3-6,8H,7H2,1-2H3. The SMILES string of the molecule is CC(C)CSc1cccc[n+]1[O-]. The van der Waals surface area contributed by atoms with Crippen molar-refractivity contribution in [1.29, 1.82) is 0 Å².